The Balaban J connectivity index is 1.89. The monoisotopic (exact) mass is 273 g/mol. The molecule has 3 aromatic rings. The molecule has 0 amide bonds. The Morgan fingerprint density at radius 2 is 1.80 bits per heavy atom. The Labute approximate surface area is 115 Å². The van der Waals surface area contributed by atoms with E-state index < -0.39 is 6.43 Å². The van der Waals surface area contributed by atoms with Crippen LogP contribution in [0, 0.1) is 0 Å². The number of alkyl halides is 2. The van der Waals surface area contributed by atoms with Gasteiger partial charge in [0.15, 0.2) is 0 Å². The number of benzene rings is 2. The lowest BCUT2D eigenvalue weighted by Crippen LogP contribution is -1.95. The summed E-state index contributed by atoms with van der Waals surface area (Å²) < 4.78 is 31.4. The second kappa shape index (κ2) is 5.33. The lowest BCUT2D eigenvalue weighted by molar-refractivity contribution is 0.153. The van der Waals surface area contributed by atoms with Gasteiger partial charge in [-0.1, -0.05) is 42.5 Å². The van der Waals surface area contributed by atoms with Gasteiger partial charge in [-0.25, -0.2) is 8.78 Å². The van der Waals surface area contributed by atoms with Gasteiger partial charge in [0.05, 0.1) is 5.52 Å². The summed E-state index contributed by atoms with van der Waals surface area (Å²) in [6.45, 7) is 0.406. The highest BCUT2D eigenvalue weighted by Gasteiger charge is 2.15. The first-order valence-corrected chi connectivity index (χ1v) is 6.30. The predicted octanol–water partition coefficient (Wildman–Crippen LogP) is 4.68. The van der Waals surface area contributed by atoms with Gasteiger partial charge in [-0.2, -0.15) is 0 Å². The predicted molar refractivity (Wildman–Crippen MR) is 74.0 cm³/mol. The number of fused-ring (bicyclic) bond motifs is 1. The first-order chi connectivity index (χ1) is 9.75. The van der Waals surface area contributed by atoms with Gasteiger partial charge in [0.25, 0.3) is 6.43 Å². The molecule has 0 aliphatic carbocycles. The first kappa shape index (κ1) is 12.7. The highest BCUT2D eigenvalue weighted by molar-refractivity contribution is 5.88. The molecule has 102 valence electrons. The van der Waals surface area contributed by atoms with E-state index in [4.69, 9.17) is 4.74 Å². The fourth-order valence-electron chi connectivity index (χ4n) is 2.18. The Kier molecular flexibility index (Phi) is 3.37. The van der Waals surface area contributed by atoms with E-state index in [1.54, 1.807) is 18.2 Å². The molecule has 3 rings (SSSR count). The normalized spacial score (nSPS) is 11.2. The SMILES string of the molecule is FC(F)c1c[nH]c2c(OCc3ccccc3)cccc12. The van der Waals surface area contributed by atoms with Crippen molar-refractivity contribution in [2.24, 2.45) is 0 Å². The van der Waals surface area contributed by atoms with Crippen molar-refractivity contribution in [2.45, 2.75) is 13.0 Å². The maximum absolute atomic E-state index is 12.9. The number of para-hydroxylation sites is 1. The molecule has 2 nitrogen and oxygen atoms in total. The Morgan fingerprint density at radius 3 is 2.55 bits per heavy atom. The highest BCUT2D eigenvalue weighted by Crippen LogP contribution is 2.32. The van der Waals surface area contributed by atoms with Crippen molar-refractivity contribution in [3.63, 3.8) is 0 Å². The average molecular weight is 273 g/mol. The first-order valence-electron chi connectivity index (χ1n) is 6.30. The van der Waals surface area contributed by atoms with E-state index >= 15 is 0 Å². The molecular weight excluding hydrogens is 260 g/mol. The lowest BCUT2D eigenvalue weighted by atomic mass is 10.1. The zero-order valence-corrected chi connectivity index (χ0v) is 10.6. The second-order valence-electron chi connectivity index (χ2n) is 4.50. The van der Waals surface area contributed by atoms with Crippen LogP contribution >= 0.6 is 0 Å². The molecule has 2 aromatic carbocycles. The summed E-state index contributed by atoms with van der Waals surface area (Å²) in [5, 5.41) is 0.505. The second-order valence-corrected chi connectivity index (χ2v) is 4.50. The maximum atomic E-state index is 12.9. The largest absolute Gasteiger partial charge is 0.487 e. The number of H-pyrrole nitrogens is 1. The molecular formula is C16H13F2NO. The maximum Gasteiger partial charge on any atom is 0.265 e. The summed E-state index contributed by atoms with van der Waals surface area (Å²) in [5.74, 6) is 0.582. The molecule has 0 unspecified atom stereocenters. The molecule has 0 saturated heterocycles. The Hall–Kier alpha value is -2.36. The summed E-state index contributed by atoms with van der Waals surface area (Å²) in [4.78, 5) is 2.87. The number of rotatable bonds is 4. The average Bonchev–Trinajstić information content (AvgIpc) is 2.91. The van der Waals surface area contributed by atoms with Gasteiger partial charge >= 0.3 is 0 Å². The smallest absolute Gasteiger partial charge is 0.265 e. The Morgan fingerprint density at radius 1 is 1.00 bits per heavy atom. The highest BCUT2D eigenvalue weighted by atomic mass is 19.3. The minimum atomic E-state index is -2.49. The molecule has 4 heteroatoms. The van der Waals surface area contributed by atoms with E-state index in [9.17, 15) is 8.78 Å². The number of halogens is 2. The quantitative estimate of drug-likeness (QED) is 0.733. The van der Waals surface area contributed by atoms with E-state index in [-0.39, 0.29) is 5.56 Å². The fourth-order valence-corrected chi connectivity index (χ4v) is 2.18. The van der Waals surface area contributed by atoms with Gasteiger partial charge in [-0.3, -0.25) is 0 Å². The number of ether oxygens (including phenoxy) is 1. The van der Waals surface area contributed by atoms with Gasteiger partial charge in [-0.15, -0.1) is 0 Å². The number of aromatic amines is 1. The molecule has 0 aliphatic heterocycles. The van der Waals surface area contributed by atoms with Crippen LogP contribution in [-0.4, -0.2) is 4.98 Å². The third-order valence-corrected chi connectivity index (χ3v) is 3.18. The zero-order valence-electron chi connectivity index (χ0n) is 10.6. The number of hydrogen-bond donors (Lipinski definition) is 1. The van der Waals surface area contributed by atoms with Crippen LogP contribution in [0.1, 0.15) is 17.6 Å². The molecule has 0 aliphatic rings. The van der Waals surface area contributed by atoms with Gasteiger partial charge < -0.3 is 9.72 Å². The van der Waals surface area contributed by atoms with Crippen molar-refractivity contribution in [3.8, 4) is 5.75 Å². The van der Waals surface area contributed by atoms with Crippen molar-refractivity contribution in [1.29, 1.82) is 0 Å². The van der Waals surface area contributed by atoms with E-state index in [1.807, 2.05) is 30.3 Å². The number of hydrogen-bond acceptors (Lipinski definition) is 1. The molecule has 1 aromatic heterocycles. The molecule has 0 fully saturated rings. The minimum absolute atomic E-state index is 0.00478. The van der Waals surface area contributed by atoms with Gasteiger partial charge in [0, 0.05) is 17.1 Å². The van der Waals surface area contributed by atoms with E-state index in [0.29, 0.717) is 23.3 Å². The molecule has 0 radical (unpaired) electrons. The van der Waals surface area contributed by atoms with Gasteiger partial charge in [-0.05, 0) is 11.6 Å². The fraction of sp³-hybridized carbons (Fsp3) is 0.125. The third-order valence-electron chi connectivity index (χ3n) is 3.18. The summed E-state index contributed by atoms with van der Waals surface area (Å²) >= 11 is 0. The molecule has 1 N–H and O–H groups in total. The molecule has 0 bridgehead atoms. The molecule has 0 atom stereocenters. The minimum Gasteiger partial charge on any atom is -0.487 e. The zero-order chi connectivity index (χ0) is 13.9. The summed E-state index contributed by atoms with van der Waals surface area (Å²) in [7, 11) is 0. The van der Waals surface area contributed by atoms with Gasteiger partial charge in [0.2, 0.25) is 0 Å². The van der Waals surface area contributed by atoms with Crippen LogP contribution in [0.2, 0.25) is 0 Å². The summed E-state index contributed by atoms with van der Waals surface area (Å²) in [5.41, 5.74) is 1.65. The topological polar surface area (TPSA) is 25.0 Å². The third kappa shape index (κ3) is 2.37. The summed E-state index contributed by atoms with van der Waals surface area (Å²) in [6, 6.07) is 14.9. The van der Waals surface area contributed by atoms with Crippen LogP contribution in [0.3, 0.4) is 0 Å². The number of nitrogens with one attached hydrogen (secondary N) is 1. The van der Waals surface area contributed by atoms with Crippen molar-refractivity contribution in [1.82, 2.24) is 4.98 Å². The molecule has 0 saturated carbocycles. The van der Waals surface area contributed by atoms with Crippen LogP contribution in [0.4, 0.5) is 8.78 Å². The molecule has 1 heterocycles. The van der Waals surface area contributed by atoms with Crippen molar-refractivity contribution >= 4 is 10.9 Å². The summed E-state index contributed by atoms with van der Waals surface area (Å²) in [6.07, 6.45) is -1.15. The lowest BCUT2D eigenvalue weighted by Gasteiger charge is -2.07. The van der Waals surface area contributed by atoms with Crippen LogP contribution in [-0.2, 0) is 6.61 Å². The van der Waals surface area contributed by atoms with Crippen LogP contribution < -0.4 is 4.74 Å². The van der Waals surface area contributed by atoms with Crippen LogP contribution in [0.25, 0.3) is 10.9 Å². The van der Waals surface area contributed by atoms with Crippen LogP contribution in [0.5, 0.6) is 5.75 Å². The van der Waals surface area contributed by atoms with Crippen molar-refractivity contribution < 1.29 is 13.5 Å². The Bertz CT molecular complexity index is 707. The van der Waals surface area contributed by atoms with Crippen molar-refractivity contribution in [3.05, 3.63) is 65.9 Å². The van der Waals surface area contributed by atoms with E-state index in [0.717, 1.165) is 5.56 Å². The van der Waals surface area contributed by atoms with E-state index in [2.05, 4.69) is 4.98 Å². The van der Waals surface area contributed by atoms with E-state index in [1.165, 1.54) is 6.20 Å². The van der Waals surface area contributed by atoms with Crippen molar-refractivity contribution in [2.75, 3.05) is 0 Å². The molecule has 0 spiro atoms. The molecule has 20 heavy (non-hydrogen) atoms. The van der Waals surface area contributed by atoms with Crippen LogP contribution in [0.15, 0.2) is 54.7 Å². The standard InChI is InChI=1S/C16H13F2NO/c17-16(18)13-9-19-15-12(13)7-4-8-14(15)20-10-11-5-2-1-3-6-11/h1-9,16,19H,10H2. The van der Waals surface area contributed by atoms with Gasteiger partial charge in [0.1, 0.15) is 12.4 Å². The number of aromatic nitrogens is 1.